The molecule has 124 valence electrons. The molecule has 0 spiro atoms. The zero-order chi connectivity index (χ0) is 17.2. The molecule has 0 aromatic heterocycles. The van der Waals surface area contributed by atoms with E-state index in [2.05, 4.69) is 5.32 Å². The molecule has 0 radical (unpaired) electrons. The van der Waals surface area contributed by atoms with E-state index < -0.39 is 11.7 Å². The summed E-state index contributed by atoms with van der Waals surface area (Å²) in [5.74, 6) is 1.58. The summed E-state index contributed by atoms with van der Waals surface area (Å²) in [6.07, 6.45) is 1.61. The Bertz CT molecular complexity index is 787. The van der Waals surface area contributed by atoms with Crippen LogP contribution in [-0.2, 0) is 4.74 Å². The highest BCUT2D eigenvalue weighted by atomic mass is 16.6. The van der Waals surface area contributed by atoms with Gasteiger partial charge in [0.05, 0.1) is 0 Å². The van der Waals surface area contributed by atoms with Gasteiger partial charge in [-0.1, -0.05) is 36.4 Å². The van der Waals surface area contributed by atoms with E-state index in [-0.39, 0.29) is 0 Å². The number of para-hydroxylation sites is 2. The quantitative estimate of drug-likeness (QED) is 0.858. The van der Waals surface area contributed by atoms with Crippen molar-refractivity contribution in [3.8, 4) is 11.5 Å². The third-order valence-electron chi connectivity index (χ3n) is 3.52. The van der Waals surface area contributed by atoms with Gasteiger partial charge in [0.25, 0.3) is 0 Å². The Labute approximate surface area is 142 Å². The number of alkyl carbamates (subject to hydrolysis) is 1. The Morgan fingerprint density at radius 1 is 1.04 bits per heavy atom. The first-order valence-electron chi connectivity index (χ1n) is 7.96. The van der Waals surface area contributed by atoms with Crippen LogP contribution in [0.4, 0.5) is 4.79 Å². The van der Waals surface area contributed by atoms with Crippen LogP contribution in [0.5, 0.6) is 11.5 Å². The van der Waals surface area contributed by atoms with E-state index in [1.807, 2.05) is 75.4 Å². The van der Waals surface area contributed by atoms with Gasteiger partial charge in [-0.05, 0) is 44.6 Å². The number of amides is 1. The molecule has 0 aliphatic carbocycles. The van der Waals surface area contributed by atoms with Crippen molar-refractivity contribution in [1.82, 2.24) is 5.32 Å². The minimum absolute atomic E-state index is 0.365. The lowest BCUT2D eigenvalue weighted by molar-refractivity contribution is 0.0535. The fourth-order valence-corrected chi connectivity index (χ4v) is 2.53. The predicted molar refractivity (Wildman–Crippen MR) is 95.1 cm³/mol. The van der Waals surface area contributed by atoms with Gasteiger partial charge >= 0.3 is 6.09 Å². The summed E-state index contributed by atoms with van der Waals surface area (Å²) >= 11 is 0. The van der Waals surface area contributed by atoms with E-state index in [9.17, 15) is 4.79 Å². The summed E-state index contributed by atoms with van der Waals surface area (Å²) < 4.78 is 11.3. The zero-order valence-electron chi connectivity index (χ0n) is 14.1. The molecule has 1 aliphatic rings. The third-order valence-corrected chi connectivity index (χ3v) is 3.52. The second-order valence-corrected chi connectivity index (χ2v) is 6.66. The summed E-state index contributed by atoms with van der Waals surface area (Å²) in [6.45, 7) is 5.90. The van der Waals surface area contributed by atoms with Gasteiger partial charge in [0.1, 0.15) is 17.1 Å². The maximum absolute atomic E-state index is 12.0. The number of benzene rings is 2. The molecule has 0 fully saturated rings. The Balaban J connectivity index is 1.88. The summed E-state index contributed by atoms with van der Waals surface area (Å²) in [7, 11) is 0. The highest BCUT2D eigenvalue weighted by molar-refractivity contribution is 5.89. The number of ether oxygens (including phenoxy) is 2. The largest absolute Gasteiger partial charge is 0.456 e. The SMILES string of the molecule is CC(C)(C)OC(=O)NCC1=Cc2ccccc2Oc2ccccc21. The summed E-state index contributed by atoms with van der Waals surface area (Å²) in [4.78, 5) is 12.0. The molecular formula is C20H21NO3. The highest BCUT2D eigenvalue weighted by Gasteiger charge is 2.19. The first-order chi connectivity index (χ1) is 11.4. The van der Waals surface area contributed by atoms with E-state index in [0.717, 1.165) is 28.2 Å². The molecular weight excluding hydrogens is 302 g/mol. The van der Waals surface area contributed by atoms with Gasteiger partial charge in [-0.3, -0.25) is 0 Å². The smallest absolute Gasteiger partial charge is 0.407 e. The van der Waals surface area contributed by atoms with Crippen molar-refractivity contribution in [1.29, 1.82) is 0 Å². The standard InChI is InChI=1S/C20H21NO3/c1-20(2,3)24-19(22)21-13-15-12-14-8-4-6-10-17(14)23-18-11-7-5-9-16(15)18/h4-12H,13H2,1-3H3,(H,21,22). The van der Waals surface area contributed by atoms with Crippen molar-refractivity contribution in [2.24, 2.45) is 0 Å². The van der Waals surface area contributed by atoms with Gasteiger partial charge in [-0.2, -0.15) is 0 Å². The van der Waals surface area contributed by atoms with Crippen LogP contribution < -0.4 is 10.1 Å². The molecule has 24 heavy (non-hydrogen) atoms. The van der Waals surface area contributed by atoms with Gasteiger partial charge in [-0.25, -0.2) is 4.79 Å². The fourth-order valence-electron chi connectivity index (χ4n) is 2.53. The van der Waals surface area contributed by atoms with Crippen molar-refractivity contribution >= 4 is 17.7 Å². The van der Waals surface area contributed by atoms with E-state index in [1.165, 1.54) is 0 Å². The van der Waals surface area contributed by atoms with Crippen molar-refractivity contribution in [2.45, 2.75) is 26.4 Å². The maximum atomic E-state index is 12.0. The second-order valence-electron chi connectivity index (χ2n) is 6.66. The fraction of sp³-hybridized carbons (Fsp3) is 0.250. The van der Waals surface area contributed by atoms with E-state index >= 15 is 0 Å². The number of hydrogen-bond acceptors (Lipinski definition) is 3. The molecule has 2 aromatic rings. The average molecular weight is 323 g/mol. The number of rotatable bonds is 2. The second kappa shape index (κ2) is 6.40. The lowest BCUT2D eigenvalue weighted by Crippen LogP contribution is -2.33. The summed E-state index contributed by atoms with van der Waals surface area (Å²) in [5, 5.41) is 2.82. The molecule has 1 heterocycles. The molecule has 0 saturated heterocycles. The summed E-state index contributed by atoms with van der Waals surface area (Å²) in [6, 6.07) is 15.7. The van der Waals surface area contributed by atoms with Gasteiger partial charge in [-0.15, -0.1) is 0 Å². The number of hydrogen-bond donors (Lipinski definition) is 1. The minimum Gasteiger partial charge on any atom is -0.456 e. The van der Waals surface area contributed by atoms with E-state index in [0.29, 0.717) is 6.54 Å². The molecule has 0 bridgehead atoms. The maximum Gasteiger partial charge on any atom is 0.407 e. The lowest BCUT2D eigenvalue weighted by atomic mass is 10.0. The number of fused-ring (bicyclic) bond motifs is 2. The van der Waals surface area contributed by atoms with Crippen molar-refractivity contribution < 1.29 is 14.3 Å². The molecule has 4 heteroatoms. The first-order valence-corrected chi connectivity index (χ1v) is 7.96. The number of carbonyl (C=O) groups is 1. The predicted octanol–water partition coefficient (Wildman–Crippen LogP) is 4.86. The normalized spacial score (nSPS) is 12.9. The molecule has 1 amide bonds. The first kappa shape index (κ1) is 16.1. The molecule has 0 unspecified atom stereocenters. The van der Waals surface area contributed by atoms with Crippen LogP contribution in [0.2, 0.25) is 0 Å². The van der Waals surface area contributed by atoms with Crippen LogP contribution in [0.25, 0.3) is 11.6 Å². The minimum atomic E-state index is -0.518. The third kappa shape index (κ3) is 3.77. The van der Waals surface area contributed by atoms with Crippen LogP contribution in [0.15, 0.2) is 48.5 Å². The molecule has 4 nitrogen and oxygen atoms in total. The van der Waals surface area contributed by atoms with Crippen molar-refractivity contribution in [3.05, 3.63) is 59.7 Å². The van der Waals surface area contributed by atoms with Gasteiger partial charge < -0.3 is 14.8 Å². The van der Waals surface area contributed by atoms with Crippen molar-refractivity contribution in [2.75, 3.05) is 6.54 Å². The molecule has 3 rings (SSSR count). The van der Waals surface area contributed by atoms with Crippen LogP contribution in [0.3, 0.4) is 0 Å². The molecule has 0 saturated carbocycles. The molecule has 1 aliphatic heterocycles. The molecule has 1 N–H and O–H groups in total. The van der Waals surface area contributed by atoms with Crippen LogP contribution in [0, 0.1) is 0 Å². The van der Waals surface area contributed by atoms with Crippen LogP contribution >= 0.6 is 0 Å². The Morgan fingerprint density at radius 3 is 2.46 bits per heavy atom. The van der Waals surface area contributed by atoms with E-state index in [4.69, 9.17) is 9.47 Å². The van der Waals surface area contributed by atoms with Crippen molar-refractivity contribution in [3.63, 3.8) is 0 Å². The van der Waals surface area contributed by atoms with Crippen LogP contribution in [0.1, 0.15) is 31.9 Å². The topological polar surface area (TPSA) is 47.6 Å². The average Bonchev–Trinajstić information content (AvgIpc) is 2.67. The number of nitrogens with one attached hydrogen (secondary N) is 1. The van der Waals surface area contributed by atoms with E-state index in [1.54, 1.807) is 0 Å². The Hall–Kier alpha value is -2.75. The van der Waals surface area contributed by atoms with Gasteiger partial charge in [0, 0.05) is 17.7 Å². The zero-order valence-corrected chi connectivity index (χ0v) is 14.1. The van der Waals surface area contributed by atoms with Gasteiger partial charge in [0.15, 0.2) is 0 Å². The highest BCUT2D eigenvalue weighted by Crippen LogP contribution is 2.37. The van der Waals surface area contributed by atoms with Crippen LogP contribution in [-0.4, -0.2) is 18.2 Å². The lowest BCUT2D eigenvalue weighted by Gasteiger charge is -2.20. The number of carbonyl (C=O) groups excluding carboxylic acids is 1. The Morgan fingerprint density at radius 2 is 1.71 bits per heavy atom. The molecule has 0 atom stereocenters. The Kier molecular flexibility index (Phi) is 4.30. The monoisotopic (exact) mass is 323 g/mol. The summed E-state index contributed by atoms with van der Waals surface area (Å²) in [5.41, 5.74) is 2.40. The molecule has 2 aromatic carbocycles. The van der Waals surface area contributed by atoms with Gasteiger partial charge in [0.2, 0.25) is 0 Å².